The molecule has 0 unspecified atom stereocenters. The third-order valence-corrected chi connectivity index (χ3v) is 5.09. The van der Waals surface area contributed by atoms with Crippen molar-refractivity contribution >= 4 is 21.9 Å². The molecule has 142 valence electrons. The number of benzene rings is 1. The third-order valence-electron chi connectivity index (χ3n) is 5.09. The molecule has 7 heteroatoms. The van der Waals surface area contributed by atoms with Crippen LogP contribution >= 0.6 is 0 Å². The number of hydrogen-bond donors (Lipinski definition) is 1. The number of aromatic amines is 1. The monoisotopic (exact) mass is 377 g/mol. The molecule has 0 aliphatic carbocycles. The number of H-pyrrole nitrogens is 1. The van der Waals surface area contributed by atoms with Gasteiger partial charge in [0.15, 0.2) is 0 Å². The lowest BCUT2D eigenvalue weighted by Gasteiger charge is -2.15. The van der Waals surface area contributed by atoms with Crippen LogP contribution in [0.2, 0.25) is 0 Å². The molecule has 1 aromatic carbocycles. The van der Waals surface area contributed by atoms with E-state index in [1.807, 2.05) is 36.5 Å². The molecule has 0 bridgehead atoms. The fraction of sp³-hybridized carbons (Fsp3) is 0.286. The zero-order chi connectivity index (χ0) is 18.9. The molecule has 0 spiro atoms. The largest absolute Gasteiger partial charge is 0.366 e. The van der Waals surface area contributed by atoms with Gasteiger partial charge < -0.3 is 9.72 Å². The van der Waals surface area contributed by atoms with Gasteiger partial charge in [-0.25, -0.2) is 9.37 Å². The molecular formula is C21H20FN5O. The molecule has 6 nitrogen and oxygen atoms in total. The molecule has 1 saturated heterocycles. The molecule has 2 atom stereocenters. The van der Waals surface area contributed by atoms with Gasteiger partial charge in [-0.2, -0.15) is 0 Å². The second kappa shape index (κ2) is 7.26. The Kier molecular flexibility index (Phi) is 4.46. The van der Waals surface area contributed by atoms with E-state index in [-0.39, 0.29) is 6.61 Å². The molecule has 1 aliphatic rings. The molecule has 5 rings (SSSR count). The number of fused-ring (bicyclic) bond motifs is 2. The molecule has 1 fully saturated rings. The van der Waals surface area contributed by atoms with Crippen LogP contribution in [0.4, 0.5) is 4.39 Å². The number of aromatic nitrogens is 4. The first-order valence-corrected chi connectivity index (χ1v) is 9.35. The molecule has 3 aromatic heterocycles. The van der Waals surface area contributed by atoms with Crippen LogP contribution in [-0.2, 0) is 17.9 Å². The van der Waals surface area contributed by atoms with E-state index in [1.165, 1.54) is 0 Å². The van der Waals surface area contributed by atoms with Crippen LogP contribution in [0.5, 0.6) is 0 Å². The van der Waals surface area contributed by atoms with Gasteiger partial charge in [0.25, 0.3) is 0 Å². The van der Waals surface area contributed by atoms with Gasteiger partial charge >= 0.3 is 0 Å². The van der Waals surface area contributed by atoms with Crippen LogP contribution in [0.1, 0.15) is 11.4 Å². The van der Waals surface area contributed by atoms with Gasteiger partial charge in [0.05, 0.1) is 22.7 Å². The number of nitrogens with one attached hydrogen (secondary N) is 1. The van der Waals surface area contributed by atoms with Crippen molar-refractivity contribution in [1.29, 1.82) is 0 Å². The van der Waals surface area contributed by atoms with Crippen LogP contribution < -0.4 is 0 Å². The summed E-state index contributed by atoms with van der Waals surface area (Å²) in [6.45, 7) is 1.83. The minimum Gasteiger partial charge on any atom is -0.366 e. The van der Waals surface area contributed by atoms with E-state index in [0.29, 0.717) is 25.5 Å². The number of likely N-dealkylation sites (tertiary alicyclic amines) is 1. The first-order chi connectivity index (χ1) is 13.7. The van der Waals surface area contributed by atoms with Crippen molar-refractivity contribution < 1.29 is 9.13 Å². The number of ether oxygens (including phenoxy) is 1. The Balaban J connectivity index is 1.21. The summed E-state index contributed by atoms with van der Waals surface area (Å²) in [5.41, 5.74) is 3.74. The highest BCUT2D eigenvalue weighted by molar-refractivity contribution is 5.78. The fourth-order valence-corrected chi connectivity index (χ4v) is 3.72. The van der Waals surface area contributed by atoms with Gasteiger partial charge in [-0.1, -0.05) is 18.2 Å². The average Bonchev–Trinajstić information content (AvgIpc) is 3.28. The number of alkyl halides is 1. The molecule has 0 saturated carbocycles. The number of rotatable bonds is 5. The number of imidazole rings is 1. The van der Waals surface area contributed by atoms with Crippen LogP contribution in [0.25, 0.3) is 21.9 Å². The van der Waals surface area contributed by atoms with E-state index in [9.17, 15) is 4.39 Å². The summed E-state index contributed by atoms with van der Waals surface area (Å²) in [5, 5.41) is 1.10. The summed E-state index contributed by atoms with van der Waals surface area (Å²) < 4.78 is 20.3. The highest BCUT2D eigenvalue weighted by Gasteiger charge is 2.33. The van der Waals surface area contributed by atoms with Gasteiger partial charge in [-0.15, -0.1) is 0 Å². The van der Waals surface area contributed by atoms with E-state index >= 15 is 0 Å². The lowest BCUT2D eigenvalue weighted by atomic mass is 10.1. The molecule has 1 aliphatic heterocycles. The predicted molar refractivity (Wildman–Crippen MR) is 104 cm³/mol. The molecule has 4 heterocycles. The predicted octanol–water partition coefficient (Wildman–Crippen LogP) is 3.25. The average molecular weight is 377 g/mol. The number of nitrogens with zero attached hydrogens (tertiary/aromatic N) is 4. The van der Waals surface area contributed by atoms with Crippen molar-refractivity contribution in [3.8, 4) is 0 Å². The molecule has 28 heavy (non-hydrogen) atoms. The van der Waals surface area contributed by atoms with E-state index < -0.39 is 12.3 Å². The van der Waals surface area contributed by atoms with E-state index in [4.69, 9.17) is 4.74 Å². The van der Waals surface area contributed by atoms with E-state index in [2.05, 4.69) is 30.9 Å². The van der Waals surface area contributed by atoms with Gasteiger partial charge in [-0.05, 0) is 23.8 Å². The Morgan fingerprint density at radius 3 is 3.00 bits per heavy atom. The molecule has 1 N–H and O–H groups in total. The number of hydrogen-bond acceptors (Lipinski definition) is 5. The quantitative estimate of drug-likeness (QED) is 0.578. The van der Waals surface area contributed by atoms with Crippen molar-refractivity contribution in [2.24, 2.45) is 0 Å². The number of halogens is 1. The zero-order valence-corrected chi connectivity index (χ0v) is 15.3. The van der Waals surface area contributed by atoms with Crippen molar-refractivity contribution in [1.82, 2.24) is 24.8 Å². The van der Waals surface area contributed by atoms with Crippen molar-refractivity contribution in [3.05, 3.63) is 66.4 Å². The van der Waals surface area contributed by atoms with Gasteiger partial charge in [0.1, 0.15) is 24.7 Å². The van der Waals surface area contributed by atoms with E-state index in [1.54, 1.807) is 12.4 Å². The van der Waals surface area contributed by atoms with Crippen LogP contribution in [0.3, 0.4) is 0 Å². The Labute approximate surface area is 161 Å². The van der Waals surface area contributed by atoms with E-state index in [0.717, 1.165) is 27.5 Å². The Morgan fingerprint density at radius 1 is 1.14 bits per heavy atom. The zero-order valence-electron chi connectivity index (χ0n) is 15.3. The Hall–Kier alpha value is -2.90. The summed E-state index contributed by atoms with van der Waals surface area (Å²) in [6.07, 6.45) is 3.81. The minimum atomic E-state index is -1.01. The lowest BCUT2D eigenvalue weighted by molar-refractivity contribution is 0.00863. The topological polar surface area (TPSA) is 66.9 Å². The molecule has 4 aromatic rings. The minimum absolute atomic E-state index is 0.255. The Morgan fingerprint density at radius 2 is 2.07 bits per heavy atom. The van der Waals surface area contributed by atoms with Gasteiger partial charge in [0.2, 0.25) is 0 Å². The van der Waals surface area contributed by atoms with Gasteiger partial charge in [0, 0.05) is 37.4 Å². The normalized spacial score (nSPS) is 20.3. The SMILES string of the molecule is F[C@@H]1CN(Cc2cnc3ccccc3c2)C[C@@H]1OCc1nc2ccncc2[nH]1. The summed E-state index contributed by atoms with van der Waals surface area (Å²) in [6, 6.07) is 12.0. The molecular weight excluding hydrogens is 357 g/mol. The second-order valence-electron chi connectivity index (χ2n) is 7.17. The molecule has 0 radical (unpaired) electrons. The van der Waals surface area contributed by atoms with Gasteiger partial charge in [-0.3, -0.25) is 14.9 Å². The molecule has 0 amide bonds. The third kappa shape index (κ3) is 3.46. The lowest BCUT2D eigenvalue weighted by Crippen LogP contribution is -2.24. The highest BCUT2D eigenvalue weighted by atomic mass is 19.1. The van der Waals surface area contributed by atoms with Crippen LogP contribution in [0, 0.1) is 0 Å². The second-order valence-corrected chi connectivity index (χ2v) is 7.17. The number of pyridine rings is 2. The van der Waals surface area contributed by atoms with Crippen molar-refractivity contribution in [2.75, 3.05) is 13.1 Å². The highest BCUT2D eigenvalue weighted by Crippen LogP contribution is 2.22. The Bertz CT molecular complexity index is 1080. The summed E-state index contributed by atoms with van der Waals surface area (Å²) in [7, 11) is 0. The van der Waals surface area contributed by atoms with Crippen LogP contribution in [0.15, 0.2) is 55.0 Å². The van der Waals surface area contributed by atoms with Crippen molar-refractivity contribution in [2.45, 2.75) is 25.4 Å². The fourth-order valence-electron chi connectivity index (χ4n) is 3.72. The summed E-state index contributed by atoms with van der Waals surface area (Å²) in [4.78, 5) is 18.2. The smallest absolute Gasteiger partial charge is 0.140 e. The first kappa shape index (κ1) is 17.2. The standard InChI is InChI=1S/C21H20FN5O/c22-16-11-27(10-14-7-15-3-1-2-4-17(15)24-8-14)12-20(16)28-13-21-25-18-5-6-23-9-19(18)26-21/h1-9,16,20H,10-13H2,(H,25,26)/t16-,20+/m1/s1. The maximum Gasteiger partial charge on any atom is 0.140 e. The van der Waals surface area contributed by atoms with Crippen molar-refractivity contribution in [3.63, 3.8) is 0 Å². The summed E-state index contributed by atoms with van der Waals surface area (Å²) >= 11 is 0. The number of para-hydroxylation sites is 1. The maximum absolute atomic E-state index is 14.5. The summed E-state index contributed by atoms with van der Waals surface area (Å²) in [5.74, 6) is 0.687. The first-order valence-electron chi connectivity index (χ1n) is 9.35. The van der Waals surface area contributed by atoms with Crippen LogP contribution in [-0.4, -0.2) is 50.2 Å². The maximum atomic E-state index is 14.5.